The molecule has 1 aliphatic heterocycles. The maximum absolute atomic E-state index is 10.1. The molecule has 0 fully saturated rings. The number of thiazole rings is 1. The highest BCUT2D eigenvalue weighted by atomic mass is 79.9. The minimum absolute atomic E-state index is 0.0165. The van der Waals surface area contributed by atoms with E-state index in [1.54, 1.807) is 0 Å². The minimum Gasteiger partial charge on any atom is -0.492 e. The summed E-state index contributed by atoms with van der Waals surface area (Å²) >= 11 is 4.83. The summed E-state index contributed by atoms with van der Waals surface area (Å²) in [6.45, 7) is 0. The lowest BCUT2D eigenvalue weighted by Gasteiger charge is -2.01. The molecular weight excluding hydrogens is 386 g/mol. The number of rotatable bonds is 3. The van der Waals surface area contributed by atoms with E-state index in [1.165, 1.54) is 11.3 Å². The Morgan fingerprint density at radius 3 is 2.88 bits per heavy atom. The van der Waals surface area contributed by atoms with Crippen LogP contribution in [0.2, 0.25) is 0 Å². The maximum atomic E-state index is 10.1. The van der Waals surface area contributed by atoms with Crippen molar-refractivity contribution in [3.05, 3.63) is 63.4 Å². The molecule has 4 nitrogen and oxygen atoms in total. The minimum atomic E-state index is 0.0165. The second-order valence-corrected chi connectivity index (χ2v) is 7.16. The van der Waals surface area contributed by atoms with Crippen molar-refractivity contribution in [1.29, 1.82) is 0 Å². The van der Waals surface area contributed by atoms with Gasteiger partial charge in [-0.1, -0.05) is 51.5 Å². The van der Waals surface area contributed by atoms with E-state index in [0.29, 0.717) is 10.0 Å². The van der Waals surface area contributed by atoms with Crippen molar-refractivity contribution in [3.63, 3.8) is 0 Å². The summed E-state index contributed by atoms with van der Waals surface area (Å²) in [6, 6.07) is 15.7. The SMILES string of the molecule is Oc1nc(Nc2cccc(Br)c2)sc1/C=C1\C=Nc2ccccc21. The lowest BCUT2D eigenvalue weighted by molar-refractivity contribution is 0.457. The number of allylic oxidation sites excluding steroid dienone is 1. The number of aliphatic imine (C=N–C) groups is 1. The third-order valence-corrected chi connectivity index (χ3v) is 4.96. The monoisotopic (exact) mass is 397 g/mol. The zero-order valence-electron chi connectivity index (χ0n) is 12.4. The standard InChI is InChI=1S/C18H12BrN3OS/c19-12-4-3-5-13(9-12)21-18-22-17(23)16(24-18)8-11-10-20-15-7-2-1-6-14(11)15/h1-10,23H,(H,21,22)/b11-8+. The molecule has 0 unspecified atom stereocenters. The fourth-order valence-electron chi connectivity index (χ4n) is 2.46. The molecule has 2 aromatic carbocycles. The number of anilines is 2. The van der Waals surface area contributed by atoms with E-state index in [-0.39, 0.29) is 5.88 Å². The van der Waals surface area contributed by atoms with Crippen LogP contribution in [0.3, 0.4) is 0 Å². The van der Waals surface area contributed by atoms with Crippen molar-refractivity contribution in [3.8, 4) is 5.88 Å². The Hall–Kier alpha value is -2.44. The van der Waals surface area contributed by atoms with E-state index in [9.17, 15) is 5.11 Å². The fraction of sp³-hybridized carbons (Fsp3) is 0. The van der Waals surface area contributed by atoms with Gasteiger partial charge in [0.2, 0.25) is 5.88 Å². The van der Waals surface area contributed by atoms with Crippen LogP contribution in [0.4, 0.5) is 16.5 Å². The molecule has 1 aromatic heterocycles. The highest BCUT2D eigenvalue weighted by molar-refractivity contribution is 9.10. The van der Waals surface area contributed by atoms with Gasteiger partial charge in [0.1, 0.15) is 0 Å². The number of aromatic nitrogens is 1. The molecule has 1 aliphatic rings. The Bertz CT molecular complexity index is 978. The molecule has 0 bridgehead atoms. The largest absolute Gasteiger partial charge is 0.492 e. The first-order valence-corrected chi connectivity index (χ1v) is 8.87. The molecule has 2 heterocycles. The summed E-state index contributed by atoms with van der Waals surface area (Å²) in [5.41, 5.74) is 3.88. The van der Waals surface area contributed by atoms with Crippen molar-refractivity contribution in [1.82, 2.24) is 4.98 Å². The van der Waals surface area contributed by atoms with Crippen molar-refractivity contribution in [2.45, 2.75) is 0 Å². The summed E-state index contributed by atoms with van der Waals surface area (Å²) in [4.78, 5) is 9.27. The maximum Gasteiger partial charge on any atom is 0.231 e. The van der Waals surface area contributed by atoms with Gasteiger partial charge in [-0.15, -0.1) is 0 Å². The second kappa shape index (κ2) is 6.22. The predicted molar refractivity (Wildman–Crippen MR) is 104 cm³/mol. The average Bonchev–Trinajstić information content (AvgIpc) is 3.12. The average molecular weight is 398 g/mol. The Balaban J connectivity index is 1.63. The van der Waals surface area contributed by atoms with Crippen LogP contribution in [0.1, 0.15) is 10.4 Å². The first kappa shape index (κ1) is 15.1. The highest BCUT2D eigenvalue weighted by Gasteiger charge is 2.14. The topological polar surface area (TPSA) is 57.5 Å². The molecule has 0 saturated carbocycles. The Morgan fingerprint density at radius 1 is 1.12 bits per heavy atom. The van der Waals surface area contributed by atoms with Crippen LogP contribution in [0.5, 0.6) is 5.88 Å². The summed E-state index contributed by atoms with van der Waals surface area (Å²) in [6.07, 6.45) is 3.72. The van der Waals surface area contributed by atoms with Crippen LogP contribution in [-0.4, -0.2) is 16.3 Å². The number of para-hydroxylation sites is 1. The molecule has 0 aliphatic carbocycles. The first-order valence-electron chi connectivity index (χ1n) is 7.26. The summed E-state index contributed by atoms with van der Waals surface area (Å²) in [7, 11) is 0. The fourth-order valence-corrected chi connectivity index (χ4v) is 3.69. The van der Waals surface area contributed by atoms with Crippen molar-refractivity contribution in [2.75, 3.05) is 5.32 Å². The van der Waals surface area contributed by atoms with Gasteiger partial charge in [-0.3, -0.25) is 4.99 Å². The van der Waals surface area contributed by atoms with Gasteiger partial charge in [0, 0.05) is 27.5 Å². The molecule has 0 spiro atoms. The van der Waals surface area contributed by atoms with Gasteiger partial charge < -0.3 is 10.4 Å². The van der Waals surface area contributed by atoms with Crippen molar-refractivity contribution < 1.29 is 5.11 Å². The third-order valence-electron chi connectivity index (χ3n) is 3.55. The molecule has 4 rings (SSSR count). The summed E-state index contributed by atoms with van der Waals surface area (Å²) in [5, 5.41) is 14.0. The molecule has 118 valence electrons. The van der Waals surface area contributed by atoms with Crippen molar-refractivity contribution in [2.24, 2.45) is 4.99 Å². The lowest BCUT2D eigenvalue weighted by Crippen LogP contribution is -1.88. The molecule has 3 aromatic rings. The van der Waals surface area contributed by atoms with Crippen LogP contribution in [0, 0.1) is 0 Å². The number of fused-ring (bicyclic) bond motifs is 1. The van der Waals surface area contributed by atoms with Crippen LogP contribution in [0.25, 0.3) is 11.6 Å². The number of benzene rings is 2. The summed E-state index contributed by atoms with van der Waals surface area (Å²) in [5.74, 6) is 0.0165. The van der Waals surface area contributed by atoms with Gasteiger partial charge >= 0.3 is 0 Å². The molecule has 0 radical (unpaired) electrons. The number of nitrogens with zero attached hydrogens (tertiary/aromatic N) is 2. The molecule has 24 heavy (non-hydrogen) atoms. The van der Waals surface area contributed by atoms with E-state index in [0.717, 1.165) is 27.0 Å². The van der Waals surface area contributed by atoms with Gasteiger partial charge in [0.05, 0.1) is 10.6 Å². The lowest BCUT2D eigenvalue weighted by atomic mass is 10.1. The first-order chi connectivity index (χ1) is 11.7. The quantitative estimate of drug-likeness (QED) is 0.603. The number of halogens is 1. The molecule has 6 heteroatoms. The van der Waals surface area contributed by atoms with E-state index < -0.39 is 0 Å². The Kier molecular flexibility index (Phi) is 3.92. The number of hydrogen-bond acceptors (Lipinski definition) is 5. The van der Waals surface area contributed by atoms with Gasteiger partial charge in [-0.2, -0.15) is 4.98 Å². The Labute approximate surface area is 151 Å². The van der Waals surface area contributed by atoms with Crippen LogP contribution in [-0.2, 0) is 0 Å². The highest BCUT2D eigenvalue weighted by Crippen LogP contribution is 2.37. The zero-order valence-corrected chi connectivity index (χ0v) is 14.8. The Morgan fingerprint density at radius 2 is 2.00 bits per heavy atom. The van der Waals surface area contributed by atoms with E-state index in [1.807, 2.05) is 60.8 Å². The molecule has 0 atom stereocenters. The number of aromatic hydroxyl groups is 1. The third kappa shape index (κ3) is 2.98. The van der Waals surface area contributed by atoms with E-state index in [4.69, 9.17) is 0 Å². The normalized spacial score (nSPS) is 14.1. The molecule has 0 amide bonds. The van der Waals surface area contributed by atoms with Crippen LogP contribution in [0.15, 0.2) is 58.0 Å². The molecular formula is C18H12BrN3OS. The number of nitrogens with one attached hydrogen (secondary N) is 1. The van der Waals surface area contributed by atoms with Gasteiger partial charge in [0.15, 0.2) is 5.13 Å². The predicted octanol–water partition coefficient (Wildman–Crippen LogP) is 5.61. The van der Waals surface area contributed by atoms with Crippen LogP contribution >= 0.6 is 27.3 Å². The second-order valence-electron chi connectivity index (χ2n) is 5.22. The van der Waals surface area contributed by atoms with Crippen LogP contribution < -0.4 is 5.32 Å². The van der Waals surface area contributed by atoms with E-state index >= 15 is 0 Å². The van der Waals surface area contributed by atoms with Gasteiger partial charge in [0.25, 0.3) is 0 Å². The van der Waals surface area contributed by atoms with Gasteiger partial charge in [-0.05, 0) is 30.3 Å². The van der Waals surface area contributed by atoms with Crippen molar-refractivity contribution >= 4 is 61.6 Å². The molecule has 2 N–H and O–H groups in total. The smallest absolute Gasteiger partial charge is 0.231 e. The zero-order chi connectivity index (χ0) is 16.5. The van der Waals surface area contributed by atoms with E-state index in [2.05, 4.69) is 31.2 Å². The summed E-state index contributed by atoms with van der Waals surface area (Å²) < 4.78 is 0.981. The molecule has 0 saturated heterocycles. The number of hydrogen-bond donors (Lipinski definition) is 2. The van der Waals surface area contributed by atoms with Gasteiger partial charge in [-0.25, -0.2) is 0 Å².